The Hall–Kier alpha value is -0.980. The van der Waals surface area contributed by atoms with Gasteiger partial charge in [0.1, 0.15) is 11.5 Å². The molecule has 1 aliphatic rings. The van der Waals surface area contributed by atoms with E-state index < -0.39 is 0 Å². The average molecular weight is 218 g/mol. The van der Waals surface area contributed by atoms with E-state index in [1.54, 1.807) is 0 Å². The van der Waals surface area contributed by atoms with Crippen LogP contribution in [0.2, 0.25) is 0 Å². The van der Waals surface area contributed by atoms with Crippen LogP contribution < -0.4 is 0 Å². The summed E-state index contributed by atoms with van der Waals surface area (Å²) in [5.74, 6) is 3.11. The van der Waals surface area contributed by atoms with Crippen LogP contribution in [0.4, 0.5) is 0 Å². The van der Waals surface area contributed by atoms with E-state index in [1.165, 1.54) is 40.9 Å². The first-order chi connectivity index (χ1) is 7.56. The highest BCUT2D eigenvalue weighted by molar-refractivity contribution is 5.67. The first-order valence-electron chi connectivity index (χ1n) is 6.32. The normalized spacial score (nSPS) is 15.3. The van der Waals surface area contributed by atoms with Gasteiger partial charge < -0.3 is 4.42 Å². The van der Waals surface area contributed by atoms with E-state index in [9.17, 15) is 0 Å². The van der Waals surface area contributed by atoms with Gasteiger partial charge in [-0.25, -0.2) is 0 Å². The molecule has 2 rings (SSSR count). The molecule has 0 aromatic carbocycles. The summed E-state index contributed by atoms with van der Waals surface area (Å²) >= 11 is 0. The maximum Gasteiger partial charge on any atom is 0.133 e. The van der Waals surface area contributed by atoms with Gasteiger partial charge in [0.2, 0.25) is 0 Å². The van der Waals surface area contributed by atoms with E-state index in [-0.39, 0.29) is 0 Å². The molecule has 0 unspecified atom stereocenters. The van der Waals surface area contributed by atoms with Crippen molar-refractivity contribution in [3.63, 3.8) is 0 Å². The minimum absolute atomic E-state index is 0.772. The van der Waals surface area contributed by atoms with Gasteiger partial charge in [-0.2, -0.15) is 0 Å². The molecule has 0 atom stereocenters. The van der Waals surface area contributed by atoms with Crippen molar-refractivity contribution in [3.8, 4) is 0 Å². The molecule has 1 aromatic rings. The van der Waals surface area contributed by atoms with Crippen molar-refractivity contribution < 1.29 is 4.42 Å². The topological polar surface area (TPSA) is 13.1 Å². The number of hydrogen-bond donors (Lipinski definition) is 0. The molecule has 1 heterocycles. The third kappa shape index (κ3) is 1.83. The summed E-state index contributed by atoms with van der Waals surface area (Å²) in [7, 11) is 0. The molecule has 1 nitrogen and oxygen atoms in total. The fourth-order valence-corrected chi connectivity index (χ4v) is 2.28. The lowest BCUT2D eigenvalue weighted by molar-refractivity contribution is 0.499. The Morgan fingerprint density at radius 2 is 1.88 bits per heavy atom. The second-order valence-electron chi connectivity index (χ2n) is 5.15. The number of hydrogen-bond acceptors (Lipinski definition) is 1. The molecule has 1 saturated carbocycles. The standard InChI is InChI=1S/C15H22O/c1-6-13-11(5)14(12-7-8-12)15(16-13)10(4)9(2)3/h12H,6-8H2,1-5H3. The van der Waals surface area contributed by atoms with Crippen LogP contribution in [0, 0.1) is 6.92 Å². The third-order valence-corrected chi connectivity index (χ3v) is 3.69. The van der Waals surface area contributed by atoms with Crippen LogP contribution in [0.1, 0.15) is 69.1 Å². The van der Waals surface area contributed by atoms with Crippen LogP contribution in [-0.4, -0.2) is 0 Å². The van der Waals surface area contributed by atoms with Crippen molar-refractivity contribution >= 4 is 5.57 Å². The van der Waals surface area contributed by atoms with Crippen molar-refractivity contribution in [1.29, 1.82) is 0 Å². The molecular formula is C15H22O. The van der Waals surface area contributed by atoms with Gasteiger partial charge in [0.05, 0.1) is 0 Å². The second kappa shape index (κ2) is 4.12. The maximum atomic E-state index is 6.06. The quantitative estimate of drug-likeness (QED) is 0.707. The Labute approximate surface area is 98.5 Å². The Morgan fingerprint density at radius 3 is 2.31 bits per heavy atom. The Kier molecular flexibility index (Phi) is 2.96. The fraction of sp³-hybridized carbons (Fsp3) is 0.600. The predicted molar refractivity (Wildman–Crippen MR) is 68.7 cm³/mol. The Morgan fingerprint density at radius 1 is 1.25 bits per heavy atom. The zero-order valence-corrected chi connectivity index (χ0v) is 11.1. The summed E-state index contributed by atoms with van der Waals surface area (Å²) in [6, 6.07) is 0. The summed E-state index contributed by atoms with van der Waals surface area (Å²) in [5.41, 5.74) is 5.58. The first-order valence-corrected chi connectivity index (χ1v) is 6.32. The molecule has 16 heavy (non-hydrogen) atoms. The number of furan rings is 1. The zero-order valence-electron chi connectivity index (χ0n) is 11.1. The van der Waals surface area contributed by atoms with Crippen LogP contribution in [0.15, 0.2) is 9.99 Å². The van der Waals surface area contributed by atoms with Crippen LogP contribution in [-0.2, 0) is 6.42 Å². The van der Waals surface area contributed by atoms with Gasteiger partial charge in [0, 0.05) is 12.0 Å². The maximum absolute atomic E-state index is 6.06. The largest absolute Gasteiger partial charge is 0.461 e. The van der Waals surface area contributed by atoms with E-state index in [2.05, 4.69) is 34.6 Å². The Bertz CT molecular complexity index is 427. The van der Waals surface area contributed by atoms with Crippen LogP contribution in [0.3, 0.4) is 0 Å². The van der Waals surface area contributed by atoms with Gasteiger partial charge in [-0.15, -0.1) is 0 Å². The number of aryl methyl sites for hydroxylation is 1. The first kappa shape index (κ1) is 11.5. The molecule has 88 valence electrons. The molecule has 0 radical (unpaired) electrons. The van der Waals surface area contributed by atoms with Gasteiger partial charge in [0.25, 0.3) is 0 Å². The molecule has 1 fully saturated rings. The van der Waals surface area contributed by atoms with E-state index >= 15 is 0 Å². The molecule has 1 heteroatoms. The van der Waals surface area contributed by atoms with Gasteiger partial charge in [-0.1, -0.05) is 12.5 Å². The minimum Gasteiger partial charge on any atom is -0.461 e. The molecule has 0 aliphatic heterocycles. The van der Waals surface area contributed by atoms with Crippen molar-refractivity contribution in [2.24, 2.45) is 0 Å². The van der Waals surface area contributed by atoms with Gasteiger partial charge in [-0.3, -0.25) is 0 Å². The van der Waals surface area contributed by atoms with Gasteiger partial charge >= 0.3 is 0 Å². The van der Waals surface area contributed by atoms with Crippen molar-refractivity contribution in [3.05, 3.63) is 28.2 Å². The lowest BCUT2D eigenvalue weighted by Crippen LogP contribution is -1.88. The van der Waals surface area contributed by atoms with Crippen molar-refractivity contribution in [2.45, 2.75) is 59.8 Å². The summed E-state index contributed by atoms with van der Waals surface area (Å²) in [5, 5.41) is 0. The van der Waals surface area contributed by atoms with Crippen molar-refractivity contribution in [2.75, 3.05) is 0 Å². The van der Waals surface area contributed by atoms with E-state index in [0.29, 0.717) is 0 Å². The SMILES string of the molecule is CCc1oc(C(C)=C(C)C)c(C2CC2)c1C. The lowest BCUT2D eigenvalue weighted by Gasteiger charge is -2.04. The van der Waals surface area contributed by atoms with Crippen LogP contribution in [0.25, 0.3) is 5.57 Å². The fourth-order valence-electron chi connectivity index (χ4n) is 2.28. The highest BCUT2D eigenvalue weighted by Crippen LogP contribution is 2.47. The van der Waals surface area contributed by atoms with Gasteiger partial charge in [0.15, 0.2) is 0 Å². The third-order valence-electron chi connectivity index (χ3n) is 3.69. The molecule has 0 N–H and O–H groups in total. The molecule has 0 amide bonds. The van der Waals surface area contributed by atoms with Crippen LogP contribution >= 0.6 is 0 Å². The predicted octanol–water partition coefficient (Wildman–Crippen LogP) is 4.84. The number of rotatable bonds is 3. The van der Waals surface area contributed by atoms with Crippen LogP contribution in [0.5, 0.6) is 0 Å². The second-order valence-corrected chi connectivity index (χ2v) is 5.15. The highest BCUT2D eigenvalue weighted by Gasteiger charge is 2.32. The number of allylic oxidation sites excluding steroid dienone is 2. The molecule has 0 spiro atoms. The average Bonchev–Trinajstić information content (AvgIpc) is 3.02. The zero-order chi connectivity index (χ0) is 11.9. The molecule has 1 aliphatic carbocycles. The molecular weight excluding hydrogens is 196 g/mol. The monoisotopic (exact) mass is 218 g/mol. The molecule has 1 aromatic heterocycles. The summed E-state index contributed by atoms with van der Waals surface area (Å²) < 4.78 is 6.06. The summed E-state index contributed by atoms with van der Waals surface area (Å²) in [6.45, 7) is 10.9. The van der Waals surface area contributed by atoms with E-state index in [0.717, 1.165) is 18.1 Å². The lowest BCUT2D eigenvalue weighted by atomic mass is 9.99. The minimum atomic E-state index is 0.772. The van der Waals surface area contributed by atoms with E-state index in [1.807, 2.05) is 0 Å². The molecule has 0 bridgehead atoms. The van der Waals surface area contributed by atoms with E-state index in [4.69, 9.17) is 4.42 Å². The molecule has 0 saturated heterocycles. The Balaban J connectivity index is 2.55. The smallest absolute Gasteiger partial charge is 0.133 e. The highest BCUT2D eigenvalue weighted by atomic mass is 16.3. The summed E-state index contributed by atoms with van der Waals surface area (Å²) in [6.07, 6.45) is 3.68. The van der Waals surface area contributed by atoms with Crippen molar-refractivity contribution in [1.82, 2.24) is 0 Å². The summed E-state index contributed by atoms with van der Waals surface area (Å²) in [4.78, 5) is 0. The van der Waals surface area contributed by atoms with Gasteiger partial charge in [-0.05, 0) is 57.6 Å².